The van der Waals surface area contributed by atoms with E-state index in [0.29, 0.717) is 27.6 Å². The van der Waals surface area contributed by atoms with Gasteiger partial charge in [-0.1, -0.05) is 48.0 Å². The summed E-state index contributed by atoms with van der Waals surface area (Å²) < 4.78 is 11.8. The van der Waals surface area contributed by atoms with Crippen molar-refractivity contribution >= 4 is 44.6 Å². The van der Waals surface area contributed by atoms with Crippen LogP contribution in [0.5, 0.6) is 0 Å². The van der Waals surface area contributed by atoms with E-state index in [1.165, 1.54) is 0 Å². The molecule has 0 bridgehead atoms. The van der Waals surface area contributed by atoms with Crippen LogP contribution in [0.1, 0.15) is 0 Å². The summed E-state index contributed by atoms with van der Waals surface area (Å²) in [5.41, 5.74) is 3.65. The number of rotatable bonds is 1. The molecular weight excluding hydrogens is 310 g/mol. The van der Waals surface area contributed by atoms with Gasteiger partial charge in [0, 0.05) is 16.3 Å². The van der Waals surface area contributed by atoms with E-state index in [1.807, 2.05) is 60.7 Å². The van der Waals surface area contributed by atoms with Crippen LogP contribution in [0.15, 0.2) is 69.5 Å². The van der Waals surface area contributed by atoms with Gasteiger partial charge in [-0.05, 0) is 24.3 Å². The van der Waals surface area contributed by atoms with E-state index in [4.69, 9.17) is 20.4 Å². The van der Waals surface area contributed by atoms with Crippen molar-refractivity contribution in [2.24, 2.45) is 0 Å². The summed E-state index contributed by atoms with van der Waals surface area (Å²) in [6.07, 6.45) is 0. The topological polar surface area (TPSA) is 39.2 Å². The molecule has 0 unspecified atom stereocenters. The maximum atomic E-state index is 6.53. The highest BCUT2D eigenvalue weighted by molar-refractivity contribution is 6.40. The summed E-state index contributed by atoms with van der Waals surface area (Å²) in [5, 5.41) is 2.44. The zero-order valence-corrected chi connectivity index (χ0v) is 12.7. The normalized spacial score (nSPS) is 11.7. The molecular formula is C19H10ClNO2. The first kappa shape index (κ1) is 12.7. The second kappa shape index (κ2) is 4.61. The number of hydrogen-bond acceptors (Lipinski definition) is 3. The van der Waals surface area contributed by atoms with Crippen LogP contribution in [-0.4, -0.2) is 4.98 Å². The summed E-state index contributed by atoms with van der Waals surface area (Å²) in [5.74, 6) is 0.555. The van der Waals surface area contributed by atoms with Gasteiger partial charge in [-0.2, -0.15) is 0 Å². The highest BCUT2D eigenvalue weighted by Gasteiger charge is 2.18. The molecule has 3 aromatic carbocycles. The Kier molecular flexibility index (Phi) is 2.55. The van der Waals surface area contributed by atoms with Gasteiger partial charge in [0.2, 0.25) is 5.89 Å². The lowest BCUT2D eigenvalue weighted by Crippen LogP contribution is -1.76. The molecule has 0 amide bonds. The zero-order chi connectivity index (χ0) is 15.4. The first-order valence-corrected chi connectivity index (χ1v) is 7.65. The van der Waals surface area contributed by atoms with Crippen LogP contribution in [0.3, 0.4) is 0 Å². The van der Waals surface area contributed by atoms with Crippen LogP contribution >= 0.6 is 11.6 Å². The van der Waals surface area contributed by atoms with Crippen LogP contribution < -0.4 is 0 Å². The molecule has 0 atom stereocenters. The van der Waals surface area contributed by atoms with Crippen molar-refractivity contribution in [2.75, 3.05) is 0 Å². The summed E-state index contributed by atoms with van der Waals surface area (Å²) in [6.45, 7) is 0. The Morgan fingerprint density at radius 3 is 2.43 bits per heavy atom. The summed E-state index contributed by atoms with van der Waals surface area (Å²) in [4.78, 5) is 4.54. The third-order valence-electron chi connectivity index (χ3n) is 3.99. The first-order chi connectivity index (χ1) is 11.3. The largest absolute Gasteiger partial charge is 0.454 e. The van der Waals surface area contributed by atoms with Crippen LogP contribution in [0, 0.1) is 0 Å². The van der Waals surface area contributed by atoms with Gasteiger partial charge < -0.3 is 8.83 Å². The molecule has 0 aliphatic carbocycles. The molecule has 0 N–H and O–H groups in total. The number of hydrogen-bond donors (Lipinski definition) is 0. The van der Waals surface area contributed by atoms with Gasteiger partial charge >= 0.3 is 0 Å². The van der Waals surface area contributed by atoms with Crippen molar-refractivity contribution in [1.82, 2.24) is 4.98 Å². The average Bonchev–Trinajstić information content (AvgIpc) is 3.18. The molecule has 3 nitrogen and oxygen atoms in total. The summed E-state index contributed by atoms with van der Waals surface area (Å²) in [7, 11) is 0. The molecule has 4 heteroatoms. The quantitative estimate of drug-likeness (QED) is 0.377. The predicted octanol–water partition coefficient (Wildman–Crippen LogP) is 6.05. The Bertz CT molecular complexity index is 1170. The molecule has 2 heterocycles. The third-order valence-corrected chi connectivity index (χ3v) is 4.34. The Balaban J connectivity index is 1.86. The Morgan fingerprint density at radius 2 is 1.57 bits per heavy atom. The van der Waals surface area contributed by atoms with E-state index in [1.54, 1.807) is 0 Å². The molecule has 0 aliphatic rings. The number of fused-ring (bicyclic) bond motifs is 4. The lowest BCUT2D eigenvalue weighted by atomic mass is 10.1. The van der Waals surface area contributed by atoms with Crippen molar-refractivity contribution < 1.29 is 8.83 Å². The number of furan rings is 1. The molecule has 2 aromatic heterocycles. The van der Waals surface area contributed by atoms with Crippen LogP contribution in [0.2, 0.25) is 5.02 Å². The fourth-order valence-electron chi connectivity index (χ4n) is 2.90. The predicted molar refractivity (Wildman–Crippen MR) is 91.7 cm³/mol. The van der Waals surface area contributed by atoms with Gasteiger partial charge in [-0.3, -0.25) is 0 Å². The third kappa shape index (κ3) is 1.80. The van der Waals surface area contributed by atoms with E-state index in [-0.39, 0.29) is 0 Å². The number of aromatic nitrogens is 1. The van der Waals surface area contributed by atoms with Crippen molar-refractivity contribution in [2.45, 2.75) is 0 Å². The molecule has 0 fully saturated rings. The monoisotopic (exact) mass is 319 g/mol. The number of para-hydroxylation sites is 1. The lowest BCUT2D eigenvalue weighted by Gasteiger charge is -1.93. The van der Waals surface area contributed by atoms with Crippen molar-refractivity contribution in [1.29, 1.82) is 0 Å². The molecule has 0 spiro atoms. The van der Waals surface area contributed by atoms with Gasteiger partial charge in [-0.25, -0.2) is 4.98 Å². The smallest absolute Gasteiger partial charge is 0.227 e. The Hall–Kier alpha value is -2.78. The van der Waals surface area contributed by atoms with Crippen molar-refractivity contribution in [3.63, 3.8) is 0 Å². The minimum atomic E-state index is 0.486. The number of oxazole rings is 1. The highest BCUT2D eigenvalue weighted by atomic mass is 35.5. The minimum Gasteiger partial charge on any atom is -0.454 e. The maximum absolute atomic E-state index is 6.53. The maximum Gasteiger partial charge on any atom is 0.227 e. The van der Waals surface area contributed by atoms with Gasteiger partial charge in [0.05, 0.1) is 0 Å². The fourth-order valence-corrected chi connectivity index (χ4v) is 3.18. The molecule has 0 radical (unpaired) electrons. The van der Waals surface area contributed by atoms with E-state index >= 15 is 0 Å². The van der Waals surface area contributed by atoms with E-state index < -0.39 is 0 Å². The zero-order valence-electron chi connectivity index (χ0n) is 11.9. The average molecular weight is 320 g/mol. The molecule has 23 heavy (non-hydrogen) atoms. The number of halogens is 1. The van der Waals surface area contributed by atoms with Crippen molar-refractivity contribution in [3.05, 3.63) is 65.7 Å². The first-order valence-electron chi connectivity index (χ1n) is 7.27. The molecule has 0 saturated heterocycles. The second-order valence-corrected chi connectivity index (χ2v) is 5.78. The van der Waals surface area contributed by atoms with Gasteiger partial charge in [0.25, 0.3) is 0 Å². The Morgan fingerprint density at radius 1 is 0.783 bits per heavy atom. The van der Waals surface area contributed by atoms with E-state index in [9.17, 15) is 0 Å². The molecule has 0 saturated carbocycles. The van der Waals surface area contributed by atoms with Crippen LogP contribution in [0.25, 0.3) is 44.5 Å². The number of benzene rings is 3. The van der Waals surface area contributed by atoms with Gasteiger partial charge in [0.15, 0.2) is 11.2 Å². The SMILES string of the molecule is Clc1c2nc(-c3ccccc3)oc2cc2c1oc1ccccc12. The molecule has 0 aliphatic heterocycles. The highest BCUT2D eigenvalue weighted by Crippen LogP contribution is 2.39. The minimum absolute atomic E-state index is 0.486. The number of nitrogens with zero attached hydrogens (tertiary/aromatic N) is 1. The molecule has 5 rings (SSSR count). The van der Waals surface area contributed by atoms with Crippen molar-refractivity contribution in [3.8, 4) is 11.5 Å². The second-order valence-electron chi connectivity index (χ2n) is 5.40. The standard InChI is InChI=1S/C19H10ClNO2/c20-16-17-15(23-19(21-17)11-6-2-1-3-7-11)10-13-12-8-4-5-9-14(12)22-18(13)16/h1-10H. The Labute approximate surface area is 136 Å². The lowest BCUT2D eigenvalue weighted by molar-refractivity contribution is 0.620. The van der Waals surface area contributed by atoms with E-state index in [0.717, 1.165) is 21.9 Å². The van der Waals surface area contributed by atoms with Crippen LogP contribution in [-0.2, 0) is 0 Å². The fraction of sp³-hybridized carbons (Fsp3) is 0. The van der Waals surface area contributed by atoms with Crippen LogP contribution in [0.4, 0.5) is 0 Å². The van der Waals surface area contributed by atoms with Gasteiger partial charge in [-0.15, -0.1) is 0 Å². The molecule has 5 aromatic rings. The molecule has 110 valence electrons. The van der Waals surface area contributed by atoms with Gasteiger partial charge in [0.1, 0.15) is 16.1 Å². The summed E-state index contributed by atoms with van der Waals surface area (Å²) in [6, 6.07) is 19.6. The van der Waals surface area contributed by atoms with E-state index in [2.05, 4.69) is 4.98 Å². The summed E-state index contributed by atoms with van der Waals surface area (Å²) >= 11 is 6.53.